The van der Waals surface area contributed by atoms with Crippen LogP contribution in [-0.4, -0.2) is 28.2 Å². The summed E-state index contributed by atoms with van der Waals surface area (Å²) < 4.78 is 5.86. The van der Waals surface area contributed by atoms with Crippen molar-refractivity contribution in [3.63, 3.8) is 0 Å². The van der Waals surface area contributed by atoms with Gasteiger partial charge in [-0.05, 0) is 31.4 Å². The first-order chi connectivity index (χ1) is 9.88. The van der Waals surface area contributed by atoms with Crippen LogP contribution in [-0.2, 0) is 11.3 Å². The molecule has 0 radical (unpaired) electrons. The standard InChI is InChI=1S/C15H17N3OS/c1-2-10(7-16-5-1)15-18-9-12(20-15)8-17-13-6-11-3-4-14(13)19-11/h1-2,5,7,9,11,13-14,17H,3-4,6,8H2/t11-,13+,14-/m1/s1. The summed E-state index contributed by atoms with van der Waals surface area (Å²) in [5.41, 5.74) is 1.09. The zero-order valence-corrected chi connectivity index (χ0v) is 12.0. The Balaban J connectivity index is 1.39. The third-order valence-electron chi connectivity index (χ3n) is 4.11. The molecule has 3 atom stereocenters. The molecule has 4 nitrogen and oxygen atoms in total. The molecule has 0 aromatic carbocycles. The van der Waals surface area contributed by atoms with Crippen LogP contribution in [0.1, 0.15) is 24.1 Å². The maximum Gasteiger partial charge on any atom is 0.125 e. The van der Waals surface area contributed by atoms with E-state index in [-0.39, 0.29) is 0 Å². The van der Waals surface area contributed by atoms with Crippen molar-refractivity contribution >= 4 is 11.3 Å². The summed E-state index contributed by atoms with van der Waals surface area (Å²) in [6.07, 6.45) is 10.2. The van der Waals surface area contributed by atoms with Gasteiger partial charge in [0.15, 0.2) is 0 Å². The molecule has 20 heavy (non-hydrogen) atoms. The number of pyridine rings is 1. The molecule has 2 bridgehead atoms. The third-order valence-corrected chi connectivity index (χ3v) is 5.15. The SMILES string of the molecule is c1cncc(-c2ncc(CN[C@H]3C[C@H]4CC[C@H]3O4)s2)c1. The third kappa shape index (κ3) is 2.37. The van der Waals surface area contributed by atoms with Gasteiger partial charge in [-0.25, -0.2) is 4.98 Å². The van der Waals surface area contributed by atoms with Crippen LogP contribution in [0.4, 0.5) is 0 Å². The minimum Gasteiger partial charge on any atom is -0.373 e. The van der Waals surface area contributed by atoms with Crippen LogP contribution in [0, 0.1) is 0 Å². The Kier molecular flexibility index (Phi) is 3.26. The van der Waals surface area contributed by atoms with Crippen molar-refractivity contribution in [1.29, 1.82) is 0 Å². The first kappa shape index (κ1) is 12.4. The number of rotatable bonds is 4. The van der Waals surface area contributed by atoms with Crippen LogP contribution in [0.2, 0.25) is 0 Å². The summed E-state index contributed by atoms with van der Waals surface area (Å²) in [5, 5.41) is 4.66. The molecule has 0 unspecified atom stereocenters. The number of thiazole rings is 1. The topological polar surface area (TPSA) is 47.0 Å². The lowest BCUT2D eigenvalue weighted by Gasteiger charge is -2.19. The Hall–Kier alpha value is -1.30. The van der Waals surface area contributed by atoms with Gasteiger partial charge < -0.3 is 10.1 Å². The highest BCUT2D eigenvalue weighted by Crippen LogP contribution is 2.34. The monoisotopic (exact) mass is 287 g/mol. The van der Waals surface area contributed by atoms with Crippen LogP contribution >= 0.6 is 11.3 Å². The van der Waals surface area contributed by atoms with Crippen molar-refractivity contribution in [2.24, 2.45) is 0 Å². The summed E-state index contributed by atoms with van der Waals surface area (Å²) in [6, 6.07) is 4.52. The number of nitrogens with one attached hydrogen (secondary N) is 1. The second-order valence-electron chi connectivity index (χ2n) is 5.47. The molecule has 104 valence electrons. The van der Waals surface area contributed by atoms with E-state index < -0.39 is 0 Å². The largest absolute Gasteiger partial charge is 0.373 e. The average molecular weight is 287 g/mol. The number of nitrogens with zero attached hydrogens (tertiary/aromatic N) is 2. The van der Waals surface area contributed by atoms with Crippen molar-refractivity contribution in [2.75, 3.05) is 0 Å². The van der Waals surface area contributed by atoms with E-state index in [0.717, 1.165) is 17.1 Å². The highest BCUT2D eigenvalue weighted by Gasteiger charge is 2.40. The van der Waals surface area contributed by atoms with Crippen molar-refractivity contribution in [3.8, 4) is 10.6 Å². The molecule has 2 aliphatic rings. The van der Waals surface area contributed by atoms with Crippen LogP contribution in [0.25, 0.3) is 10.6 Å². The van der Waals surface area contributed by atoms with Crippen molar-refractivity contribution < 1.29 is 4.74 Å². The first-order valence-electron chi connectivity index (χ1n) is 7.12. The molecule has 0 spiro atoms. The van der Waals surface area contributed by atoms with Gasteiger partial charge in [-0.1, -0.05) is 0 Å². The fourth-order valence-electron chi connectivity index (χ4n) is 3.10. The fourth-order valence-corrected chi connectivity index (χ4v) is 3.95. The minimum atomic E-state index is 0.436. The second-order valence-corrected chi connectivity index (χ2v) is 6.59. The van der Waals surface area contributed by atoms with Crippen molar-refractivity contribution in [1.82, 2.24) is 15.3 Å². The van der Waals surface area contributed by atoms with Gasteiger partial charge in [0.1, 0.15) is 5.01 Å². The molecular weight excluding hydrogens is 270 g/mol. The van der Waals surface area contributed by atoms with Crippen LogP contribution in [0.3, 0.4) is 0 Å². The van der Waals surface area contributed by atoms with Crippen molar-refractivity contribution in [2.45, 2.75) is 44.1 Å². The minimum absolute atomic E-state index is 0.436. The van der Waals surface area contributed by atoms with Gasteiger partial charge in [-0.2, -0.15) is 0 Å². The smallest absolute Gasteiger partial charge is 0.125 e. The van der Waals surface area contributed by atoms with Gasteiger partial charge in [0, 0.05) is 41.6 Å². The molecule has 2 fully saturated rings. The van der Waals surface area contributed by atoms with E-state index in [0.29, 0.717) is 18.2 Å². The predicted octanol–water partition coefficient (Wildman–Crippen LogP) is 2.61. The number of ether oxygens (including phenoxy) is 1. The van der Waals surface area contributed by atoms with Gasteiger partial charge in [-0.15, -0.1) is 11.3 Å². The Morgan fingerprint density at radius 2 is 2.35 bits per heavy atom. The molecule has 5 heteroatoms. The van der Waals surface area contributed by atoms with Crippen LogP contribution < -0.4 is 5.32 Å². The van der Waals surface area contributed by atoms with E-state index in [1.165, 1.54) is 24.1 Å². The van der Waals surface area contributed by atoms with Gasteiger partial charge >= 0.3 is 0 Å². The lowest BCUT2D eigenvalue weighted by Crippen LogP contribution is -2.36. The summed E-state index contributed by atoms with van der Waals surface area (Å²) in [7, 11) is 0. The Labute approximate surface area is 122 Å². The lowest BCUT2D eigenvalue weighted by atomic mass is 9.95. The fraction of sp³-hybridized carbons (Fsp3) is 0.467. The molecule has 2 aromatic rings. The van der Waals surface area contributed by atoms with E-state index >= 15 is 0 Å². The normalized spacial score (nSPS) is 28.1. The van der Waals surface area contributed by atoms with Crippen LogP contribution in [0.15, 0.2) is 30.7 Å². The Morgan fingerprint density at radius 3 is 3.10 bits per heavy atom. The summed E-state index contributed by atoms with van der Waals surface area (Å²) in [4.78, 5) is 9.90. The number of aromatic nitrogens is 2. The molecule has 2 aliphatic heterocycles. The van der Waals surface area contributed by atoms with E-state index in [2.05, 4.69) is 15.3 Å². The predicted molar refractivity (Wildman–Crippen MR) is 78.5 cm³/mol. The van der Waals surface area contributed by atoms with Crippen molar-refractivity contribution in [3.05, 3.63) is 35.6 Å². The van der Waals surface area contributed by atoms with E-state index in [1.807, 2.05) is 24.5 Å². The first-order valence-corrected chi connectivity index (χ1v) is 7.94. The van der Waals surface area contributed by atoms with Gasteiger partial charge in [0.2, 0.25) is 0 Å². The maximum atomic E-state index is 5.86. The number of hydrogen-bond acceptors (Lipinski definition) is 5. The van der Waals surface area contributed by atoms with Gasteiger partial charge in [0.05, 0.1) is 12.2 Å². The quantitative estimate of drug-likeness (QED) is 0.939. The second kappa shape index (κ2) is 5.24. The zero-order chi connectivity index (χ0) is 13.4. The van der Waals surface area contributed by atoms with E-state index in [1.54, 1.807) is 17.5 Å². The zero-order valence-electron chi connectivity index (χ0n) is 11.2. The maximum absolute atomic E-state index is 5.86. The van der Waals surface area contributed by atoms with E-state index in [4.69, 9.17) is 4.74 Å². The number of hydrogen-bond donors (Lipinski definition) is 1. The van der Waals surface area contributed by atoms with E-state index in [9.17, 15) is 0 Å². The van der Waals surface area contributed by atoms with Crippen LogP contribution in [0.5, 0.6) is 0 Å². The molecule has 1 N–H and O–H groups in total. The molecule has 2 saturated heterocycles. The lowest BCUT2D eigenvalue weighted by molar-refractivity contribution is 0.0973. The molecule has 0 saturated carbocycles. The Morgan fingerprint density at radius 1 is 1.35 bits per heavy atom. The number of fused-ring (bicyclic) bond motifs is 2. The summed E-state index contributed by atoms with van der Waals surface area (Å²) >= 11 is 1.73. The molecule has 2 aromatic heterocycles. The summed E-state index contributed by atoms with van der Waals surface area (Å²) in [6.45, 7) is 0.884. The van der Waals surface area contributed by atoms with Gasteiger partial charge in [0.25, 0.3) is 0 Å². The molecule has 4 rings (SSSR count). The highest BCUT2D eigenvalue weighted by molar-refractivity contribution is 7.15. The molecule has 4 heterocycles. The summed E-state index contributed by atoms with van der Waals surface area (Å²) in [5.74, 6) is 0. The Bertz CT molecular complexity index is 586. The molecule has 0 aliphatic carbocycles. The molecular formula is C15H17N3OS. The highest BCUT2D eigenvalue weighted by atomic mass is 32.1. The van der Waals surface area contributed by atoms with Gasteiger partial charge in [-0.3, -0.25) is 4.98 Å². The average Bonchev–Trinajstić information content (AvgIpc) is 3.22. The molecule has 0 amide bonds.